The minimum absolute atomic E-state index is 0.144. The van der Waals surface area contributed by atoms with Crippen LogP contribution in [0.3, 0.4) is 0 Å². The summed E-state index contributed by atoms with van der Waals surface area (Å²) in [6, 6.07) is 0. The van der Waals surface area contributed by atoms with Crippen LogP contribution in [0.5, 0.6) is 0 Å². The Kier molecular flexibility index (Phi) is 15.2. The number of hydrogen-bond acceptors (Lipinski definition) is 11. The Morgan fingerprint density at radius 1 is 1.10 bits per heavy atom. The van der Waals surface area contributed by atoms with E-state index in [1.807, 2.05) is 0 Å². The second kappa shape index (κ2) is 15.8. The second-order valence-electron chi connectivity index (χ2n) is 7.79. The van der Waals surface area contributed by atoms with E-state index in [0.717, 1.165) is 23.5 Å². The molecule has 1 N–H and O–H groups in total. The minimum Gasteiger partial charge on any atom is -0.630 e. The van der Waals surface area contributed by atoms with Crippen LogP contribution in [0.25, 0.3) is 0 Å². The van der Waals surface area contributed by atoms with E-state index in [4.69, 9.17) is 108 Å². The molecule has 5 atom stereocenters. The van der Waals surface area contributed by atoms with Crippen LogP contribution in [0, 0.1) is 11.1 Å². The van der Waals surface area contributed by atoms with E-state index in [2.05, 4.69) is 11.3 Å². The number of carbonyl (C=O) groups excluding carboxylic acids is 2. The van der Waals surface area contributed by atoms with E-state index >= 15 is 0 Å². The average molecular weight is 753 g/mol. The third-order valence-corrected chi connectivity index (χ3v) is 9.21. The van der Waals surface area contributed by atoms with Crippen LogP contribution in [-0.4, -0.2) is 87.7 Å². The van der Waals surface area contributed by atoms with Gasteiger partial charge in [-0.25, -0.2) is 14.4 Å². The third kappa shape index (κ3) is 11.9. The quantitative estimate of drug-likeness (QED) is 0.0321. The highest BCUT2D eigenvalue weighted by Crippen LogP contribution is 2.52. The zero-order valence-corrected chi connectivity index (χ0v) is 27.5. The summed E-state index contributed by atoms with van der Waals surface area (Å²) in [5.41, 5.74) is 0. The van der Waals surface area contributed by atoms with Gasteiger partial charge in [-0.2, -0.15) is 0 Å². The van der Waals surface area contributed by atoms with E-state index in [1.54, 1.807) is 0 Å². The molecular formula is C19H22Cl7NO9S3. The van der Waals surface area contributed by atoms with Crippen molar-refractivity contribution in [1.29, 1.82) is 0 Å². The lowest BCUT2D eigenvalue weighted by molar-refractivity contribution is -0.966. The van der Waals surface area contributed by atoms with Gasteiger partial charge >= 0.3 is 18.3 Å². The average Bonchev–Trinajstić information content (AvgIpc) is 2.79. The number of alkyl halides is 7. The summed E-state index contributed by atoms with van der Waals surface area (Å²) in [6.45, 7) is 3.39. The normalized spacial score (nSPS) is 23.4. The number of likely N-dealkylation sites (tertiary alicyclic amines) is 1. The van der Waals surface area contributed by atoms with Crippen molar-refractivity contribution in [3.05, 3.63) is 17.9 Å². The molecule has 20 heteroatoms. The molecule has 1 fully saturated rings. The summed E-state index contributed by atoms with van der Waals surface area (Å²) < 4.78 is 14.5. The molecule has 0 spiro atoms. The van der Waals surface area contributed by atoms with Crippen molar-refractivity contribution in [2.75, 3.05) is 32.1 Å². The fourth-order valence-corrected chi connectivity index (χ4v) is 6.63. The first-order chi connectivity index (χ1) is 17.8. The number of hydrogen-bond donors (Lipinski definition) is 1. The molecule has 224 valence electrons. The lowest BCUT2D eigenvalue weighted by Crippen LogP contribution is -2.77. The summed E-state index contributed by atoms with van der Waals surface area (Å²) in [6.07, 6.45) is -2.31. The highest BCUT2D eigenvalue weighted by Gasteiger charge is 2.65. The largest absolute Gasteiger partial charge is 0.630 e. The smallest absolute Gasteiger partial charge is 0.508 e. The van der Waals surface area contributed by atoms with Crippen molar-refractivity contribution in [2.45, 2.75) is 37.4 Å². The molecule has 1 rings (SSSR count). The highest BCUT2D eigenvalue weighted by molar-refractivity contribution is 8.47. The monoisotopic (exact) mass is 749 g/mol. The number of carboxylic acids is 1. The van der Waals surface area contributed by atoms with Crippen molar-refractivity contribution >= 4 is 139 Å². The Morgan fingerprint density at radius 3 is 2.13 bits per heavy atom. The molecule has 1 heterocycles. The number of thioether (sulfide) groups is 2. The van der Waals surface area contributed by atoms with Crippen molar-refractivity contribution in [1.82, 2.24) is 0 Å². The molecule has 10 nitrogen and oxygen atoms in total. The Labute approximate surface area is 273 Å². The van der Waals surface area contributed by atoms with Gasteiger partial charge in [0.2, 0.25) is 7.59 Å². The number of rotatable bonds is 12. The maximum atomic E-state index is 13.9. The molecule has 39 heavy (non-hydrogen) atoms. The molecule has 0 aromatic rings. The van der Waals surface area contributed by atoms with Crippen molar-refractivity contribution in [3.8, 4) is 0 Å². The van der Waals surface area contributed by atoms with E-state index in [0.29, 0.717) is 0 Å². The fraction of sp³-hybridized carbons (Fsp3) is 0.684. The van der Waals surface area contributed by atoms with Crippen LogP contribution in [0.2, 0.25) is 0 Å². The Bertz CT molecular complexity index is 924. The van der Waals surface area contributed by atoms with Crippen LogP contribution < -0.4 is 0 Å². The molecule has 0 radical (unpaired) electrons. The molecule has 2 unspecified atom stereocenters. The lowest BCUT2D eigenvalue weighted by atomic mass is 9.89. The summed E-state index contributed by atoms with van der Waals surface area (Å²) in [5, 5.41) is 22.5. The van der Waals surface area contributed by atoms with Gasteiger partial charge < -0.3 is 33.9 Å². The second-order valence-corrected chi connectivity index (χ2v) is 16.9. The number of halogens is 7. The van der Waals surface area contributed by atoms with Crippen molar-refractivity contribution in [2.24, 2.45) is 5.92 Å². The SMILES string of the molecule is C=CCC(Cl)(C(=O)O)[N@@+]1([O-])C[C@H](C(C)OC(=O)OCC(Cl)(Cl)Cl)[C@H]1SC(=S)SCCOC(=O)OCC(Cl)(Cl)Cl. The number of carboxylic acid groups (broad SMARTS) is 1. The molecule has 0 amide bonds. The van der Waals surface area contributed by atoms with Crippen LogP contribution in [0.1, 0.15) is 13.3 Å². The Balaban J connectivity index is 2.88. The van der Waals surface area contributed by atoms with Crippen molar-refractivity contribution in [3.63, 3.8) is 0 Å². The first-order valence-corrected chi connectivity index (χ1v) is 15.4. The summed E-state index contributed by atoms with van der Waals surface area (Å²) >= 11 is 46.7. The van der Waals surface area contributed by atoms with Crippen LogP contribution in [0.15, 0.2) is 12.7 Å². The maximum absolute atomic E-state index is 13.9. The van der Waals surface area contributed by atoms with Gasteiger partial charge in [-0.15, -0.1) is 18.3 Å². The Hall–Kier alpha value is 0.490. The molecule has 0 aromatic carbocycles. The number of carbonyl (C=O) groups is 3. The van der Waals surface area contributed by atoms with Gasteiger partial charge in [0.15, 0.2) is 5.37 Å². The predicted molar refractivity (Wildman–Crippen MR) is 159 cm³/mol. The fourth-order valence-electron chi connectivity index (χ4n) is 3.15. The summed E-state index contributed by atoms with van der Waals surface area (Å²) in [5.74, 6) is -2.10. The zero-order chi connectivity index (χ0) is 30.2. The topological polar surface area (TPSA) is 131 Å². The molecule has 1 aliphatic rings. The minimum atomic E-state index is -2.32. The molecule has 0 aromatic heterocycles. The number of hydroxylamine groups is 3. The van der Waals surface area contributed by atoms with Crippen LogP contribution in [0.4, 0.5) is 9.59 Å². The number of ether oxygens (including phenoxy) is 4. The summed E-state index contributed by atoms with van der Waals surface area (Å²) in [7, 11) is 0. The van der Waals surface area contributed by atoms with Gasteiger partial charge in [-0.05, 0) is 30.3 Å². The van der Waals surface area contributed by atoms with Gasteiger partial charge in [0.25, 0.3) is 5.00 Å². The Morgan fingerprint density at radius 2 is 1.64 bits per heavy atom. The third-order valence-electron chi connectivity index (χ3n) is 4.93. The van der Waals surface area contributed by atoms with E-state index in [-0.39, 0.29) is 28.9 Å². The molecule has 0 bridgehead atoms. The first-order valence-electron chi connectivity index (χ1n) is 10.5. The number of thiocarbonyl (C=S) groups is 1. The van der Waals surface area contributed by atoms with E-state index in [9.17, 15) is 24.7 Å². The number of quaternary nitrogens is 1. The van der Waals surface area contributed by atoms with Gasteiger partial charge in [0.1, 0.15) is 35.4 Å². The summed E-state index contributed by atoms with van der Waals surface area (Å²) in [4.78, 5) is 33.3. The number of nitrogens with zero attached hydrogens (tertiary/aromatic N) is 1. The zero-order valence-electron chi connectivity index (χ0n) is 19.8. The molecule has 0 aliphatic carbocycles. The van der Waals surface area contributed by atoms with Crippen LogP contribution in [-0.2, 0) is 23.7 Å². The van der Waals surface area contributed by atoms with Crippen molar-refractivity contribution < 1.29 is 43.1 Å². The van der Waals surface area contributed by atoms with E-state index < -0.39 is 66.1 Å². The number of aliphatic carboxylic acids is 1. The van der Waals surface area contributed by atoms with E-state index in [1.165, 1.54) is 13.0 Å². The molecule has 0 saturated carbocycles. The van der Waals surface area contributed by atoms with Gasteiger partial charge in [0, 0.05) is 12.2 Å². The lowest BCUT2D eigenvalue weighted by Gasteiger charge is -2.65. The first kappa shape index (κ1) is 37.5. The van der Waals surface area contributed by atoms with Gasteiger partial charge in [-0.3, -0.25) is 0 Å². The van der Waals surface area contributed by atoms with Gasteiger partial charge in [0.05, 0.1) is 6.54 Å². The maximum Gasteiger partial charge on any atom is 0.508 e. The molecular weight excluding hydrogens is 731 g/mol. The molecule has 1 aliphatic heterocycles. The van der Waals surface area contributed by atoms with Crippen LogP contribution >= 0.6 is 117 Å². The van der Waals surface area contributed by atoms with Gasteiger partial charge in [-0.1, -0.05) is 87.9 Å². The highest BCUT2D eigenvalue weighted by atomic mass is 35.6. The molecule has 1 saturated heterocycles. The predicted octanol–water partition coefficient (Wildman–Crippen LogP) is 7.04. The standard InChI is InChI=1S/C19H22Cl7NO9S3/c1-3-4-17(20,13(28)29)27(32)7-11(10(2)36-15(31)35-9-19(24,25)26)12(27)39-16(37)38-6-5-33-14(30)34-8-18(21,22)23/h3,10-12H,1,4-9H2,2H3,(H,28,29)/t10?,11-,12-,17?,27-/m1/s1.